The largest absolute Gasteiger partial charge is 0.508 e. The molecule has 0 spiro atoms. The van der Waals surface area contributed by atoms with Crippen LogP contribution in [-0.2, 0) is 4.74 Å². The van der Waals surface area contributed by atoms with Crippen molar-refractivity contribution in [3.05, 3.63) is 29.8 Å². The molecule has 0 aliphatic rings. The van der Waals surface area contributed by atoms with Gasteiger partial charge in [-0.2, -0.15) is 0 Å². The smallest absolute Gasteiger partial charge is 0.410 e. The molecule has 0 aliphatic heterocycles. The summed E-state index contributed by atoms with van der Waals surface area (Å²) in [6.45, 7) is 8.90. The SMILES string of the molecule is CCN(C(=O)OCC(C)C)[C@H](C)c1ccc(O)cc1. The quantitative estimate of drug-likeness (QED) is 0.885. The van der Waals surface area contributed by atoms with Crippen molar-refractivity contribution in [1.29, 1.82) is 0 Å². The summed E-state index contributed by atoms with van der Waals surface area (Å²) in [5.74, 6) is 0.549. The zero-order valence-corrected chi connectivity index (χ0v) is 12.1. The number of hydrogen-bond acceptors (Lipinski definition) is 3. The van der Waals surface area contributed by atoms with Gasteiger partial charge >= 0.3 is 6.09 Å². The first-order chi connectivity index (χ1) is 8.95. The Morgan fingerprint density at radius 3 is 2.32 bits per heavy atom. The Kier molecular flexibility index (Phi) is 5.67. The van der Waals surface area contributed by atoms with E-state index in [9.17, 15) is 9.90 Å². The Hall–Kier alpha value is -1.71. The van der Waals surface area contributed by atoms with Crippen LogP contribution in [0.3, 0.4) is 0 Å². The molecule has 1 aromatic rings. The van der Waals surface area contributed by atoms with Gasteiger partial charge in [0.05, 0.1) is 12.6 Å². The number of aromatic hydroxyl groups is 1. The topological polar surface area (TPSA) is 49.8 Å². The van der Waals surface area contributed by atoms with E-state index in [0.29, 0.717) is 19.1 Å². The molecule has 4 heteroatoms. The molecule has 1 aromatic carbocycles. The second-order valence-electron chi connectivity index (χ2n) is 5.02. The third-order valence-electron chi connectivity index (χ3n) is 2.96. The first-order valence-electron chi connectivity index (χ1n) is 6.68. The summed E-state index contributed by atoms with van der Waals surface area (Å²) in [5.41, 5.74) is 0.973. The average molecular weight is 265 g/mol. The second kappa shape index (κ2) is 7.02. The lowest BCUT2D eigenvalue weighted by atomic mass is 10.1. The van der Waals surface area contributed by atoms with Crippen LogP contribution < -0.4 is 0 Å². The third-order valence-corrected chi connectivity index (χ3v) is 2.96. The van der Waals surface area contributed by atoms with E-state index < -0.39 is 0 Å². The maximum atomic E-state index is 12.0. The number of hydrogen-bond donors (Lipinski definition) is 1. The first-order valence-corrected chi connectivity index (χ1v) is 6.68. The molecule has 19 heavy (non-hydrogen) atoms. The van der Waals surface area contributed by atoms with Gasteiger partial charge < -0.3 is 14.7 Å². The van der Waals surface area contributed by atoms with Gasteiger partial charge in [0, 0.05) is 6.54 Å². The van der Waals surface area contributed by atoms with Crippen LogP contribution in [0.5, 0.6) is 5.75 Å². The fraction of sp³-hybridized carbons (Fsp3) is 0.533. The maximum Gasteiger partial charge on any atom is 0.410 e. The monoisotopic (exact) mass is 265 g/mol. The van der Waals surface area contributed by atoms with E-state index in [0.717, 1.165) is 5.56 Å². The zero-order valence-electron chi connectivity index (χ0n) is 12.1. The second-order valence-corrected chi connectivity index (χ2v) is 5.02. The van der Waals surface area contributed by atoms with Crippen LogP contribution in [0.1, 0.15) is 39.3 Å². The maximum absolute atomic E-state index is 12.0. The van der Waals surface area contributed by atoms with Gasteiger partial charge in [-0.3, -0.25) is 0 Å². The number of carbonyl (C=O) groups excluding carboxylic acids is 1. The highest BCUT2D eigenvalue weighted by atomic mass is 16.6. The van der Waals surface area contributed by atoms with Gasteiger partial charge in [-0.05, 0) is 37.5 Å². The minimum absolute atomic E-state index is 0.0785. The lowest BCUT2D eigenvalue weighted by molar-refractivity contribution is 0.0816. The van der Waals surface area contributed by atoms with Crippen LogP contribution in [-0.4, -0.2) is 29.3 Å². The Balaban J connectivity index is 2.73. The predicted octanol–water partition coefficient (Wildman–Crippen LogP) is 3.57. The minimum atomic E-state index is -0.295. The van der Waals surface area contributed by atoms with Crippen molar-refractivity contribution in [2.24, 2.45) is 5.92 Å². The summed E-state index contributed by atoms with van der Waals surface area (Å²) in [6, 6.07) is 6.81. The molecule has 1 atom stereocenters. The summed E-state index contributed by atoms with van der Waals surface area (Å²) >= 11 is 0. The van der Waals surface area contributed by atoms with Crippen molar-refractivity contribution in [1.82, 2.24) is 4.90 Å². The molecule has 1 amide bonds. The Labute approximate surface area is 115 Å². The fourth-order valence-corrected chi connectivity index (χ4v) is 1.81. The third kappa shape index (κ3) is 4.47. The van der Waals surface area contributed by atoms with Crippen LogP contribution in [0.2, 0.25) is 0 Å². The summed E-state index contributed by atoms with van der Waals surface area (Å²) in [4.78, 5) is 13.7. The first kappa shape index (κ1) is 15.3. The molecule has 4 nitrogen and oxygen atoms in total. The van der Waals surface area contributed by atoms with E-state index in [-0.39, 0.29) is 17.9 Å². The summed E-state index contributed by atoms with van der Waals surface area (Å²) in [7, 11) is 0. The molecular weight excluding hydrogens is 242 g/mol. The average Bonchev–Trinajstić information content (AvgIpc) is 2.37. The molecule has 0 aromatic heterocycles. The lowest BCUT2D eigenvalue weighted by Gasteiger charge is -2.28. The van der Waals surface area contributed by atoms with Crippen molar-refractivity contribution in [2.75, 3.05) is 13.2 Å². The number of rotatable bonds is 5. The standard InChI is InChI=1S/C15H23NO3/c1-5-16(15(18)19-10-11(2)3)12(4)13-6-8-14(17)9-7-13/h6-9,11-12,17H,5,10H2,1-4H3/t12-/m1/s1. The number of nitrogens with zero attached hydrogens (tertiary/aromatic N) is 1. The van der Waals surface area contributed by atoms with Gasteiger partial charge in [0.15, 0.2) is 0 Å². The van der Waals surface area contributed by atoms with Crippen LogP contribution in [0.25, 0.3) is 0 Å². The van der Waals surface area contributed by atoms with Gasteiger partial charge in [-0.1, -0.05) is 26.0 Å². The molecule has 0 aliphatic carbocycles. The molecule has 0 unspecified atom stereocenters. The number of benzene rings is 1. The number of ether oxygens (including phenoxy) is 1. The van der Waals surface area contributed by atoms with E-state index in [4.69, 9.17) is 4.74 Å². The van der Waals surface area contributed by atoms with Crippen LogP contribution in [0.4, 0.5) is 4.79 Å². The summed E-state index contributed by atoms with van der Waals surface area (Å²) < 4.78 is 5.26. The van der Waals surface area contributed by atoms with Crippen molar-refractivity contribution in [2.45, 2.75) is 33.7 Å². The number of phenolic OH excluding ortho intramolecular Hbond substituents is 1. The molecule has 0 fully saturated rings. The molecular formula is C15H23NO3. The Bertz CT molecular complexity index is 400. The van der Waals surface area contributed by atoms with Crippen LogP contribution in [0, 0.1) is 5.92 Å². The predicted molar refractivity (Wildman–Crippen MR) is 75.1 cm³/mol. The van der Waals surface area contributed by atoms with Gasteiger partial charge in [0.25, 0.3) is 0 Å². The number of carbonyl (C=O) groups is 1. The Morgan fingerprint density at radius 1 is 1.26 bits per heavy atom. The lowest BCUT2D eigenvalue weighted by Crippen LogP contribution is -2.34. The van der Waals surface area contributed by atoms with E-state index in [1.54, 1.807) is 17.0 Å². The molecule has 106 valence electrons. The fourth-order valence-electron chi connectivity index (χ4n) is 1.81. The zero-order chi connectivity index (χ0) is 14.4. The van der Waals surface area contributed by atoms with Crippen molar-refractivity contribution < 1.29 is 14.6 Å². The van der Waals surface area contributed by atoms with Crippen molar-refractivity contribution in [3.8, 4) is 5.75 Å². The van der Waals surface area contributed by atoms with Crippen molar-refractivity contribution in [3.63, 3.8) is 0 Å². The molecule has 1 N–H and O–H groups in total. The van der Waals surface area contributed by atoms with E-state index in [2.05, 4.69) is 0 Å². The summed E-state index contributed by atoms with van der Waals surface area (Å²) in [5, 5.41) is 9.28. The molecule has 1 rings (SSSR count). The van der Waals surface area contributed by atoms with Gasteiger partial charge in [0.2, 0.25) is 0 Å². The highest BCUT2D eigenvalue weighted by molar-refractivity contribution is 5.68. The molecule has 0 radical (unpaired) electrons. The van der Waals surface area contributed by atoms with Crippen molar-refractivity contribution >= 4 is 6.09 Å². The highest BCUT2D eigenvalue weighted by Crippen LogP contribution is 2.22. The highest BCUT2D eigenvalue weighted by Gasteiger charge is 2.21. The minimum Gasteiger partial charge on any atom is -0.508 e. The van der Waals surface area contributed by atoms with E-state index in [1.807, 2.05) is 39.8 Å². The molecule has 0 saturated heterocycles. The van der Waals surface area contributed by atoms with E-state index in [1.165, 1.54) is 0 Å². The van der Waals surface area contributed by atoms with Gasteiger partial charge in [0.1, 0.15) is 5.75 Å². The number of phenols is 1. The van der Waals surface area contributed by atoms with E-state index >= 15 is 0 Å². The number of amides is 1. The van der Waals surface area contributed by atoms with Gasteiger partial charge in [-0.25, -0.2) is 4.79 Å². The molecule has 0 saturated carbocycles. The van der Waals surface area contributed by atoms with Crippen LogP contribution in [0.15, 0.2) is 24.3 Å². The summed E-state index contributed by atoms with van der Waals surface area (Å²) in [6.07, 6.45) is -0.295. The van der Waals surface area contributed by atoms with Crippen LogP contribution >= 0.6 is 0 Å². The Morgan fingerprint density at radius 2 is 1.84 bits per heavy atom. The molecule has 0 bridgehead atoms. The normalized spacial score (nSPS) is 12.3. The molecule has 0 heterocycles. The van der Waals surface area contributed by atoms with Gasteiger partial charge in [-0.15, -0.1) is 0 Å².